The number of fused-ring (bicyclic) bond motifs is 3. The number of carbonyl (C=O) groups excluding carboxylic acids is 4. The lowest BCUT2D eigenvalue weighted by Crippen LogP contribution is -2.48. The number of allylic oxidation sites excluding steroid dienone is 2. The minimum Gasteiger partial charge on any atom is -0.472 e. The number of ether oxygens (including phenoxy) is 3. The summed E-state index contributed by atoms with van der Waals surface area (Å²) in [5.41, 5.74) is -0.970. The Bertz CT molecular complexity index is 2050. The quantitative estimate of drug-likeness (QED) is 0.255. The van der Waals surface area contributed by atoms with Gasteiger partial charge in [0.25, 0.3) is 0 Å². The molecule has 1 N–H and O–H groups in total. The number of benzene rings is 1. The Morgan fingerprint density at radius 3 is 2.50 bits per heavy atom. The molecule has 2 saturated carbocycles. The zero-order valence-electron chi connectivity index (χ0n) is 34.8. The molecule has 0 radical (unpaired) electrons. The van der Waals surface area contributed by atoms with Crippen LogP contribution in [0.5, 0.6) is 5.88 Å². The van der Waals surface area contributed by atoms with Gasteiger partial charge in [0.05, 0.1) is 48.3 Å². The normalized spacial score (nSPS) is 31.0. The van der Waals surface area contributed by atoms with Crippen molar-refractivity contribution in [1.82, 2.24) is 14.6 Å². The molecule has 316 valence electrons. The highest BCUT2D eigenvalue weighted by atomic mass is 32.2. The molecule has 14 heteroatoms. The van der Waals surface area contributed by atoms with Gasteiger partial charge in [-0.25, -0.2) is 13.4 Å². The molecule has 7 rings (SSSR count). The molecule has 3 aliphatic heterocycles. The lowest BCUT2D eigenvalue weighted by molar-refractivity contribution is -0.160. The maximum absolute atomic E-state index is 15.0. The van der Waals surface area contributed by atoms with Crippen LogP contribution in [-0.2, 0) is 38.7 Å². The van der Waals surface area contributed by atoms with Crippen LogP contribution >= 0.6 is 0 Å². The first kappa shape index (κ1) is 42.1. The van der Waals surface area contributed by atoms with Crippen LogP contribution in [0.3, 0.4) is 0 Å². The Morgan fingerprint density at radius 2 is 1.79 bits per heavy atom. The van der Waals surface area contributed by atoms with Crippen molar-refractivity contribution in [1.29, 1.82) is 0 Å². The highest BCUT2D eigenvalue weighted by Crippen LogP contribution is 2.58. The summed E-state index contributed by atoms with van der Waals surface area (Å²) in [5.74, 6) is -2.54. The predicted octanol–water partition coefficient (Wildman–Crippen LogP) is 5.74. The first-order valence-electron chi connectivity index (χ1n) is 21.1. The number of sulfonamides is 1. The second kappa shape index (κ2) is 16.2. The van der Waals surface area contributed by atoms with Gasteiger partial charge in [-0.3, -0.25) is 23.9 Å². The van der Waals surface area contributed by atoms with E-state index in [2.05, 4.69) is 27.6 Å². The van der Waals surface area contributed by atoms with Gasteiger partial charge in [-0.15, -0.1) is 0 Å². The van der Waals surface area contributed by atoms with E-state index < -0.39 is 55.7 Å². The number of esters is 1. The van der Waals surface area contributed by atoms with Gasteiger partial charge in [0, 0.05) is 48.6 Å². The number of hydrogen-bond acceptors (Lipinski definition) is 11. The van der Waals surface area contributed by atoms with Gasteiger partial charge >= 0.3 is 5.97 Å². The summed E-state index contributed by atoms with van der Waals surface area (Å²) in [6.45, 7) is 13.9. The first-order valence-corrected chi connectivity index (χ1v) is 22.5. The number of amides is 2. The summed E-state index contributed by atoms with van der Waals surface area (Å²) in [6, 6.07) is 6.96. The molecule has 2 saturated heterocycles. The summed E-state index contributed by atoms with van der Waals surface area (Å²) in [5, 5.41) is 1.76. The number of nitrogens with zero attached hydrogens (tertiary/aromatic N) is 3. The number of anilines is 1. The van der Waals surface area contributed by atoms with Gasteiger partial charge in [-0.05, 0) is 102 Å². The van der Waals surface area contributed by atoms with Crippen LogP contribution in [0.4, 0.5) is 5.69 Å². The highest BCUT2D eigenvalue weighted by Gasteiger charge is 2.62. The van der Waals surface area contributed by atoms with Gasteiger partial charge < -0.3 is 24.0 Å². The Morgan fingerprint density at radius 1 is 1.05 bits per heavy atom. The van der Waals surface area contributed by atoms with E-state index in [0.717, 1.165) is 42.4 Å². The summed E-state index contributed by atoms with van der Waals surface area (Å²) in [7, 11) is -3.95. The SMILES string of the molecule is C[C@@H]1CC/C=C\[C@@H]2C[C@@]2(C(=O)NS(=O)(=O)C2(C)CC2)CC(=O)[C@@H]2C[C@@H](Oc3nccc4c(N5CCOCC5)cccc34)CN2C(=O)[C@@H](CC(=O)OC(C)(C)C)[C@H](C)C1. The fourth-order valence-corrected chi connectivity index (χ4v) is 10.5. The van der Waals surface area contributed by atoms with E-state index in [4.69, 9.17) is 14.2 Å². The molecule has 58 heavy (non-hydrogen) atoms. The van der Waals surface area contributed by atoms with E-state index in [0.29, 0.717) is 44.8 Å². The van der Waals surface area contributed by atoms with Crippen LogP contribution < -0.4 is 14.4 Å². The molecule has 4 fully saturated rings. The third-order valence-corrected chi connectivity index (χ3v) is 15.1. The van der Waals surface area contributed by atoms with E-state index in [1.165, 1.54) is 0 Å². The Hall–Kier alpha value is -4.04. The van der Waals surface area contributed by atoms with Gasteiger partial charge in [0.1, 0.15) is 11.7 Å². The maximum atomic E-state index is 15.0. The smallest absolute Gasteiger partial charge is 0.307 e. The average Bonchev–Trinajstić information content (AvgIpc) is 4.05. The molecule has 0 unspecified atom stereocenters. The molecule has 7 atom stereocenters. The molecule has 1 aromatic carbocycles. The molecule has 0 bridgehead atoms. The number of ketones is 1. The van der Waals surface area contributed by atoms with Gasteiger partial charge in [0.15, 0.2) is 5.78 Å². The Balaban J connectivity index is 1.22. The fourth-order valence-electron chi connectivity index (χ4n) is 9.14. The van der Waals surface area contributed by atoms with Crippen molar-refractivity contribution in [2.45, 2.75) is 122 Å². The lowest BCUT2D eigenvalue weighted by Gasteiger charge is -2.32. The number of Topliss-reactive ketones (excluding diaryl/α,β-unsaturated/α-hetero) is 1. The fraction of sp³-hybridized carbons (Fsp3) is 0.659. The minimum absolute atomic E-state index is 0.0683. The zero-order valence-corrected chi connectivity index (χ0v) is 35.6. The van der Waals surface area contributed by atoms with Crippen LogP contribution in [-0.4, -0.2) is 97.2 Å². The summed E-state index contributed by atoms with van der Waals surface area (Å²) < 4.78 is 45.9. The molecular formula is C44H60N4O9S. The van der Waals surface area contributed by atoms with Crippen molar-refractivity contribution in [3.8, 4) is 5.88 Å². The second-order valence-corrected chi connectivity index (χ2v) is 21.0. The van der Waals surface area contributed by atoms with Crippen LogP contribution in [0, 0.1) is 29.1 Å². The second-order valence-electron chi connectivity index (χ2n) is 18.8. The number of aromatic nitrogens is 1. The third-order valence-electron chi connectivity index (χ3n) is 13.0. The van der Waals surface area contributed by atoms with Crippen LogP contribution in [0.15, 0.2) is 42.6 Å². The van der Waals surface area contributed by atoms with Crippen LogP contribution in [0.1, 0.15) is 99.3 Å². The summed E-state index contributed by atoms with van der Waals surface area (Å²) >= 11 is 0. The van der Waals surface area contributed by atoms with Crippen LogP contribution in [0.2, 0.25) is 0 Å². The van der Waals surface area contributed by atoms with Crippen molar-refractivity contribution in [2.75, 3.05) is 37.7 Å². The van der Waals surface area contributed by atoms with Crippen molar-refractivity contribution in [3.05, 3.63) is 42.6 Å². The monoisotopic (exact) mass is 820 g/mol. The molecule has 2 aliphatic carbocycles. The molecule has 13 nitrogen and oxygen atoms in total. The number of pyridine rings is 1. The van der Waals surface area contributed by atoms with Crippen molar-refractivity contribution >= 4 is 50.1 Å². The third kappa shape index (κ3) is 8.92. The minimum atomic E-state index is -3.95. The molecule has 1 aromatic heterocycles. The van der Waals surface area contributed by atoms with E-state index in [1.54, 1.807) is 38.8 Å². The number of morpholine rings is 1. The van der Waals surface area contributed by atoms with E-state index in [-0.39, 0.29) is 55.3 Å². The molecule has 5 aliphatic rings. The van der Waals surface area contributed by atoms with Gasteiger partial charge in [0.2, 0.25) is 27.7 Å². The van der Waals surface area contributed by atoms with Crippen molar-refractivity contribution < 1.29 is 41.8 Å². The molecule has 2 amide bonds. The zero-order chi connectivity index (χ0) is 41.6. The van der Waals surface area contributed by atoms with Gasteiger partial charge in [-0.1, -0.05) is 32.1 Å². The van der Waals surface area contributed by atoms with Crippen LogP contribution in [0.25, 0.3) is 10.8 Å². The molecule has 4 heterocycles. The van der Waals surface area contributed by atoms with E-state index in [1.807, 2.05) is 37.3 Å². The first-order chi connectivity index (χ1) is 27.4. The number of carbonyl (C=O) groups is 4. The summed E-state index contributed by atoms with van der Waals surface area (Å²) in [4.78, 5) is 65.6. The lowest BCUT2D eigenvalue weighted by atomic mass is 9.82. The Labute approximate surface area is 342 Å². The molecule has 0 spiro atoms. The highest BCUT2D eigenvalue weighted by molar-refractivity contribution is 7.91. The predicted molar refractivity (Wildman–Crippen MR) is 219 cm³/mol. The largest absolute Gasteiger partial charge is 0.472 e. The van der Waals surface area contributed by atoms with E-state index >= 15 is 0 Å². The number of hydrogen-bond donors (Lipinski definition) is 1. The standard InChI is InChI=1S/C44H60N4O9S/c1-28-10-7-8-11-30-25-44(30,41(52)46-58(53,54)43(6)15-16-43)26-37(49)36-23-31(27-48(36)40(51)34(29(2)22-28)24-38(50)57-42(3,4)5)56-39-33-12-9-13-35(32(33)14-17-45-39)47-18-20-55-21-19-47/h8-9,11-14,17,28-31,34,36H,7,10,15-16,18-27H2,1-6H3,(H,46,52)/b11-8-/t28-,29-,30-,31-,34+,36+,44-/m1/s1. The topological polar surface area (TPSA) is 162 Å². The Kier molecular flexibility index (Phi) is 11.8. The number of nitrogens with one attached hydrogen (secondary N) is 1. The van der Waals surface area contributed by atoms with E-state index in [9.17, 15) is 27.6 Å². The molecular weight excluding hydrogens is 761 g/mol. The molecule has 2 aromatic rings. The van der Waals surface area contributed by atoms with Crippen molar-refractivity contribution in [2.24, 2.45) is 29.1 Å². The average molecular weight is 821 g/mol. The maximum Gasteiger partial charge on any atom is 0.307 e. The summed E-state index contributed by atoms with van der Waals surface area (Å²) in [6.07, 6.45) is 8.29. The van der Waals surface area contributed by atoms with Crippen molar-refractivity contribution in [3.63, 3.8) is 0 Å². The number of rotatable bonds is 8. The van der Waals surface area contributed by atoms with Gasteiger partial charge in [-0.2, -0.15) is 0 Å².